The monoisotopic (exact) mass is 137 g/mol. The molecule has 56 valence electrons. The van der Waals surface area contributed by atoms with Crippen LogP contribution < -0.4 is 5.73 Å². The van der Waals surface area contributed by atoms with Crippen molar-refractivity contribution < 1.29 is 0 Å². The number of nitrogens with two attached hydrogens (primary N) is 1. The lowest BCUT2D eigenvalue weighted by Gasteiger charge is -2.13. The minimum absolute atomic E-state index is 0.252. The van der Waals surface area contributed by atoms with E-state index in [1.54, 1.807) is 0 Å². The Morgan fingerprint density at radius 2 is 2.30 bits per heavy atom. The second kappa shape index (κ2) is 3.02. The highest BCUT2D eigenvalue weighted by Crippen LogP contribution is 2.16. The molecule has 0 radical (unpaired) electrons. The molecule has 10 heavy (non-hydrogen) atoms. The van der Waals surface area contributed by atoms with Gasteiger partial charge < -0.3 is 5.73 Å². The predicted octanol–water partition coefficient (Wildman–Crippen LogP) is 1.86. The largest absolute Gasteiger partial charge is 0.324 e. The lowest BCUT2D eigenvalue weighted by molar-refractivity contribution is 0.745. The van der Waals surface area contributed by atoms with Gasteiger partial charge in [0.2, 0.25) is 0 Å². The van der Waals surface area contributed by atoms with Crippen LogP contribution in [-0.2, 0) is 0 Å². The van der Waals surface area contributed by atoms with Crippen molar-refractivity contribution in [3.63, 3.8) is 0 Å². The molecule has 0 aromatic heterocycles. The third-order valence-electron chi connectivity index (χ3n) is 1.83. The Kier molecular flexibility index (Phi) is 2.28. The zero-order valence-electron chi connectivity index (χ0n) is 6.67. The van der Waals surface area contributed by atoms with E-state index in [1.807, 2.05) is 0 Å². The topological polar surface area (TPSA) is 26.0 Å². The Labute approximate surface area is 62.6 Å². The molecule has 1 rings (SSSR count). The zero-order valence-corrected chi connectivity index (χ0v) is 6.67. The summed E-state index contributed by atoms with van der Waals surface area (Å²) >= 11 is 0. The standard InChI is InChI=1S/C9H15N/c1-7(2)8-3-5-9(10)6-4-8/h3-5,7,9H,6,10H2,1-2H3. The Balaban J connectivity index is 2.59. The second-order valence-electron chi connectivity index (χ2n) is 3.12. The van der Waals surface area contributed by atoms with Crippen LogP contribution in [0.3, 0.4) is 0 Å². The molecular formula is C9H15N. The van der Waals surface area contributed by atoms with Crippen LogP contribution in [0.1, 0.15) is 20.3 Å². The van der Waals surface area contributed by atoms with Crippen LogP contribution in [0.4, 0.5) is 0 Å². The van der Waals surface area contributed by atoms with E-state index in [0.717, 1.165) is 6.42 Å². The fraction of sp³-hybridized carbons (Fsp3) is 0.556. The highest BCUT2D eigenvalue weighted by Gasteiger charge is 2.05. The molecule has 1 heteroatoms. The number of rotatable bonds is 1. The van der Waals surface area contributed by atoms with Crippen LogP contribution in [0.2, 0.25) is 0 Å². The van der Waals surface area contributed by atoms with Crippen LogP contribution >= 0.6 is 0 Å². The van der Waals surface area contributed by atoms with Crippen molar-refractivity contribution >= 4 is 0 Å². The zero-order chi connectivity index (χ0) is 7.56. The summed E-state index contributed by atoms with van der Waals surface area (Å²) in [6, 6.07) is 0.252. The van der Waals surface area contributed by atoms with Gasteiger partial charge in [-0.1, -0.05) is 32.1 Å². The number of hydrogen-bond donors (Lipinski definition) is 1. The average molecular weight is 137 g/mol. The normalized spacial score (nSPS) is 25.2. The first-order valence-corrected chi connectivity index (χ1v) is 3.84. The Bertz CT molecular complexity index is 166. The first-order chi connectivity index (χ1) is 4.70. The molecule has 2 N–H and O–H groups in total. The minimum Gasteiger partial charge on any atom is -0.324 e. The van der Waals surface area contributed by atoms with Crippen LogP contribution in [0.25, 0.3) is 0 Å². The molecule has 1 nitrogen and oxygen atoms in total. The van der Waals surface area contributed by atoms with Crippen LogP contribution in [0.15, 0.2) is 23.8 Å². The number of hydrogen-bond acceptors (Lipinski definition) is 1. The predicted molar refractivity (Wildman–Crippen MR) is 44.7 cm³/mol. The van der Waals surface area contributed by atoms with Crippen molar-refractivity contribution in [1.82, 2.24) is 0 Å². The molecule has 0 aromatic rings. The van der Waals surface area contributed by atoms with Gasteiger partial charge in [-0.05, 0) is 17.9 Å². The van der Waals surface area contributed by atoms with Gasteiger partial charge in [-0.2, -0.15) is 0 Å². The van der Waals surface area contributed by atoms with E-state index >= 15 is 0 Å². The first-order valence-electron chi connectivity index (χ1n) is 3.84. The summed E-state index contributed by atoms with van der Waals surface area (Å²) in [4.78, 5) is 0. The van der Waals surface area contributed by atoms with Gasteiger partial charge in [0, 0.05) is 6.04 Å². The van der Waals surface area contributed by atoms with E-state index in [1.165, 1.54) is 5.57 Å². The van der Waals surface area contributed by atoms with Gasteiger partial charge in [-0.3, -0.25) is 0 Å². The molecule has 0 fully saturated rings. The van der Waals surface area contributed by atoms with E-state index in [0.29, 0.717) is 5.92 Å². The molecule has 0 amide bonds. The van der Waals surface area contributed by atoms with Crippen LogP contribution in [0, 0.1) is 5.92 Å². The summed E-state index contributed by atoms with van der Waals surface area (Å²) in [6.45, 7) is 4.40. The fourth-order valence-corrected chi connectivity index (χ4v) is 1.08. The van der Waals surface area contributed by atoms with Gasteiger partial charge in [0.05, 0.1) is 0 Å². The molecule has 1 aliphatic rings. The van der Waals surface area contributed by atoms with Gasteiger partial charge in [0.25, 0.3) is 0 Å². The van der Waals surface area contributed by atoms with Crippen LogP contribution in [0.5, 0.6) is 0 Å². The molecule has 0 aliphatic heterocycles. The maximum atomic E-state index is 5.67. The smallest absolute Gasteiger partial charge is 0.0262 e. The molecule has 0 saturated carbocycles. The summed E-state index contributed by atoms with van der Waals surface area (Å²) in [5.74, 6) is 0.642. The van der Waals surface area contributed by atoms with Gasteiger partial charge in [0.15, 0.2) is 0 Å². The van der Waals surface area contributed by atoms with Crippen LogP contribution in [-0.4, -0.2) is 6.04 Å². The van der Waals surface area contributed by atoms with Gasteiger partial charge >= 0.3 is 0 Å². The Morgan fingerprint density at radius 3 is 2.70 bits per heavy atom. The third-order valence-corrected chi connectivity index (χ3v) is 1.83. The quantitative estimate of drug-likeness (QED) is 0.586. The van der Waals surface area contributed by atoms with Crippen molar-refractivity contribution in [2.45, 2.75) is 26.3 Å². The van der Waals surface area contributed by atoms with Crippen molar-refractivity contribution in [2.24, 2.45) is 11.7 Å². The first kappa shape index (κ1) is 7.55. The minimum atomic E-state index is 0.252. The summed E-state index contributed by atoms with van der Waals surface area (Å²) in [5.41, 5.74) is 7.08. The van der Waals surface area contributed by atoms with Crippen molar-refractivity contribution in [3.05, 3.63) is 23.8 Å². The van der Waals surface area contributed by atoms with E-state index < -0.39 is 0 Å². The maximum absolute atomic E-state index is 5.67. The van der Waals surface area contributed by atoms with E-state index in [9.17, 15) is 0 Å². The third kappa shape index (κ3) is 1.71. The summed E-state index contributed by atoms with van der Waals surface area (Å²) in [7, 11) is 0. The van der Waals surface area contributed by atoms with Gasteiger partial charge in [-0.15, -0.1) is 0 Å². The molecular weight excluding hydrogens is 122 g/mol. The van der Waals surface area contributed by atoms with Gasteiger partial charge in [0.1, 0.15) is 0 Å². The Morgan fingerprint density at radius 1 is 1.60 bits per heavy atom. The fourth-order valence-electron chi connectivity index (χ4n) is 1.08. The summed E-state index contributed by atoms with van der Waals surface area (Å²) in [5, 5.41) is 0. The highest BCUT2D eigenvalue weighted by molar-refractivity contribution is 5.26. The lowest BCUT2D eigenvalue weighted by Crippen LogP contribution is -2.18. The molecule has 0 aromatic carbocycles. The molecule has 1 aliphatic carbocycles. The molecule has 0 spiro atoms. The van der Waals surface area contributed by atoms with Crippen molar-refractivity contribution in [3.8, 4) is 0 Å². The average Bonchev–Trinajstić information content (AvgIpc) is 1.88. The SMILES string of the molecule is CC(C)C1=CCC(N)C=C1. The molecule has 0 heterocycles. The molecule has 1 unspecified atom stereocenters. The van der Waals surface area contributed by atoms with Gasteiger partial charge in [-0.25, -0.2) is 0 Å². The molecule has 0 saturated heterocycles. The molecule has 1 atom stereocenters. The Hall–Kier alpha value is -0.560. The van der Waals surface area contributed by atoms with E-state index in [4.69, 9.17) is 5.73 Å². The lowest BCUT2D eigenvalue weighted by atomic mass is 9.95. The van der Waals surface area contributed by atoms with E-state index in [2.05, 4.69) is 32.1 Å². The maximum Gasteiger partial charge on any atom is 0.0262 e. The second-order valence-corrected chi connectivity index (χ2v) is 3.12. The summed E-state index contributed by atoms with van der Waals surface area (Å²) < 4.78 is 0. The summed E-state index contributed by atoms with van der Waals surface area (Å²) in [6.07, 6.45) is 7.45. The number of allylic oxidation sites excluding steroid dienone is 2. The van der Waals surface area contributed by atoms with E-state index in [-0.39, 0.29) is 6.04 Å². The highest BCUT2D eigenvalue weighted by atomic mass is 14.6. The van der Waals surface area contributed by atoms with Crippen molar-refractivity contribution in [1.29, 1.82) is 0 Å². The molecule has 0 bridgehead atoms. The van der Waals surface area contributed by atoms with Crippen molar-refractivity contribution in [2.75, 3.05) is 0 Å².